The van der Waals surface area contributed by atoms with E-state index in [0.717, 1.165) is 16.9 Å². The van der Waals surface area contributed by atoms with Gasteiger partial charge in [-0.25, -0.2) is 0 Å². The van der Waals surface area contributed by atoms with E-state index in [1.807, 2.05) is 54.6 Å². The van der Waals surface area contributed by atoms with Crippen LogP contribution in [0.15, 0.2) is 73.8 Å². The van der Waals surface area contributed by atoms with E-state index in [0.29, 0.717) is 6.61 Å². The summed E-state index contributed by atoms with van der Waals surface area (Å²) in [5.41, 5.74) is 2.03. The minimum atomic E-state index is -0.490. The van der Waals surface area contributed by atoms with E-state index in [4.69, 9.17) is 9.47 Å². The van der Waals surface area contributed by atoms with E-state index < -0.39 is 6.29 Å². The molecule has 2 rings (SSSR count). The van der Waals surface area contributed by atoms with Crippen LogP contribution in [0.2, 0.25) is 0 Å². The van der Waals surface area contributed by atoms with Crippen LogP contribution in [0, 0.1) is 0 Å². The van der Waals surface area contributed by atoms with Crippen LogP contribution >= 0.6 is 0 Å². The van der Waals surface area contributed by atoms with Crippen molar-refractivity contribution in [1.29, 1.82) is 0 Å². The van der Waals surface area contributed by atoms with Crippen LogP contribution in [0.1, 0.15) is 11.1 Å². The van der Waals surface area contributed by atoms with Gasteiger partial charge in [0.2, 0.25) is 6.29 Å². The second-order valence-corrected chi connectivity index (χ2v) is 4.26. The van der Waals surface area contributed by atoms with E-state index in [-0.39, 0.29) is 0 Å². The van der Waals surface area contributed by atoms with Gasteiger partial charge in [0.25, 0.3) is 0 Å². The Hall–Kier alpha value is -2.32. The van der Waals surface area contributed by atoms with Crippen molar-refractivity contribution < 1.29 is 9.47 Å². The van der Waals surface area contributed by atoms with Crippen LogP contribution in [0.4, 0.5) is 0 Å². The molecule has 1 atom stereocenters. The molecular formula is C18H18O2. The van der Waals surface area contributed by atoms with Gasteiger partial charge in [0.05, 0.1) is 6.61 Å². The number of benzene rings is 2. The number of para-hydroxylation sites is 1. The maximum Gasteiger partial charge on any atom is 0.219 e. The van der Waals surface area contributed by atoms with Gasteiger partial charge < -0.3 is 9.47 Å². The Balaban J connectivity index is 1.99. The Morgan fingerprint density at radius 1 is 0.950 bits per heavy atom. The SMILES string of the molecule is C=Cc1ccccc1OC(C=C)OCc1ccccc1. The molecule has 2 nitrogen and oxygen atoms in total. The average Bonchev–Trinajstić information content (AvgIpc) is 2.52. The summed E-state index contributed by atoms with van der Waals surface area (Å²) in [6.45, 7) is 8.00. The largest absolute Gasteiger partial charge is 0.461 e. The van der Waals surface area contributed by atoms with Crippen LogP contribution in [0.3, 0.4) is 0 Å². The standard InChI is InChI=1S/C18H18O2/c1-3-16-12-8-9-13-17(16)20-18(4-2)19-14-15-10-6-5-7-11-15/h3-13,18H,1-2,14H2. The monoisotopic (exact) mass is 266 g/mol. The molecule has 2 aromatic rings. The highest BCUT2D eigenvalue weighted by Gasteiger charge is 2.08. The molecule has 0 spiro atoms. The third kappa shape index (κ3) is 3.84. The fourth-order valence-corrected chi connectivity index (χ4v) is 1.78. The van der Waals surface area contributed by atoms with Crippen LogP contribution in [-0.4, -0.2) is 6.29 Å². The minimum absolute atomic E-state index is 0.480. The van der Waals surface area contributed by atoms with Crippen LogP contribution in [-0.2, 0) is 11.3 Å². The van der Waals surface area contributed by atoms with Gasteiger partial charge >= 0.3 is 0 Å². The number of ether oxygens (including phenoxy) is 2. The molecule has 0 saturated carbocycles. The second kappa shape index (κ2) is 7.31. The zero-order valence-electron chi connectivity index (χ0n) is 11.4. The van der Waals surface area contributed by atoms with E-state index in [1.165, 1.54) is 0 Å². The maximum absolute atomic E-state index is 5.80. The topological polar surface area (TPSA) is 18.5 Å². The van der Waals surface area contributed by atoms with Gasteiger partial charge in [-0.05, 0) is 17.7 Å². The number of hydrogen-bond acceptors (Lipinski definition) is 2. The first-order valence-electron chi connectivity index (χ1n) is 6.49. The minimum Gasteiger partial charge on any atom is -0.461 e. The summed E-state index contributed by atoms with van der Waals surface area (Å²) in [7, 11) is 0. The molecule has 0 amide bonds. The van der Waals surface area contributed by atoms with Crippen molar-refractivity contribution >= 4 is 6.08 Å². The Labute approximate surface area is 120 Å². The summed E-state index contributed by atoms with van der Waals surface area (Å²) in [6.07, 6.45) is 2.91. The van der Waals surface area contributed by atoms with Gasteiger partial charge in [0.1, 0.15) is 5.75 Å². The van der Waals surface area contributed by atoms with Gasteiger partial charge in [0, 0.05) is 5.56 Å². The van der Waals surface area contributed by atoms with Gasteiger partial charge in [-0.15, -0.1) is 0 Å². The van der Waals surface area contributed by atoms with Gasteiger partial charge in [-0.3, -0.25) is 0 Å². The van der Waals surface area contributed by atoms with Gasteiger partial charge in [0.15, 0.2) is 0 Å². The average molecular weight is 266 g/mol. The lowest BCUT2D eigenvalue weighted by Crippen LogP contribution is -2.18. The number of rotatable bonds is 7. The number of hydrogen-bond donors (Lipinski definition) is 0. The van der Waals surface area contributed by atoms with Crippen molar-refractivity contribution in [3.8, 4) is 5.75 Å². The molecule has 0 heterocycles. The fraction of sp³-hybridized carbons (Fsp3) is 0.111. The molecule has 0 aliphatic rings. The lowest BCUT2D eigenvalue weighted by molar-refractivity contribution is -0.0554. The zero-order valence-corrected chi connectivity index (χ0v) is 11.4. The molecule has 0 aromatic heterocycles. The van der Waals surface area contributed by atoms with E-state index in [1.54, 1.807) is 12.2 Å². The third-order valence-corrected chi connectivity index (χ3v) is 2.83. The van der Waals surface area contributed by atoms with Gasteiger partial charge in [-0.1, -0.05) is 67.8 Å². The van der Waals surface area contributed by atoms with Gasteiger partial charge in [-0.2, -0.15) is 0 Å². The predicted octanol–water partition coefficient (Wildman–Crippen LogP) is 4.44. The Morgan fingerprint density at radius 2 is 1.65 bits per heavy atom. The van der Waals surface area contributed by atoms with Crippen molar-refractivity contribution in [3.05, 3.63) is 85.0 Å². The fourth-order valence-electron chi connectivity index (χ4n) is 1.78. The van der Waals surface area contributed by atoms with Crippen LogP contribution in [0.25, 0.3) is 6.08 Å². The maximum atomic E-state index is 5.80. The van der Waals surface area contributed by atoms with E-state index in [2.05, 4.69) is 13.2 Å². The highest BCUT2D eigenvalue weighted by Crippen LogP contribution is 2.21. The van der Waals surface area contributed by atoms with E-state index >= 15 is 0 Å². The smallest absolute Gasteiger partial charge is 0.219 e. The highest BCUT2D eigenvalue weighted by molar-refractivity contribution is 5.55. The molecule has 1 unspecified atom stereocenters. The van der Waals surface area contributed by atoms with Crippen molar-refractivity contribution in [2.24, 2.45) is 0 Å². The van der Waals surface area contributed by atoms with Crippen molar-refractivity contribution in [1.82, 2.24) is 0 Å². The lowest BCUT2D eigenvalue weighted by Gasteiger charge is -2.17. The lowest BCUT2D eigenvalue weighted by atomic mass is 10.2. The molecule has 0 bridgehead atoms. The molecule has 0 radical (unpaired) electrons. The van der Waals surface area contributed by atoms with Crippen molar-refractivity contribution in [2.45, 2.75) is 12.9 Å². The Morgan fingerprint density at radius 3 is 2.35 bits per heavy atom. The molecule has 20 heavy (non-hydrogen) atoms. The first-order valence-corrected chi connectivity index (χ1v) is 6.49. The van der Waals surface area contributed by atoms with E-state index in [9.17, 15) is 0 Å². The molecule has 0 saturated heterocycles. The molecule has 2 heteroatoms. The normalized spacial score (nSPS) is 11.6. The summed E-state index contributed by atoms with van der Waals surface area (Å²) >= 11 is 0. The third-order valence-electron chi connectivity index (χ3n) is 2.83. The van der Waals surface area contributed by atoms with Crippen LogP contribution < -0.4 is 4.74 Å². The molecule has 0 aliphatic heterocycles. The summed E-state index contributed by atoms with van der Waals surface area (Å²) in [6, 6.07) is 17.7. The molecule has 0 aliphatic carbocycles. The molecule has 0 fully saturated rings. The Bertz CT molecular complexity index is 561. The Kier molecular flexibility index (Phi) is 5.15. The quantitative estimate of drug-likeness (QED) is 0.545. The second-order valence-electron chi connectivity index (χ2n) is 4.26. The first kappa shape index (κ1) is 14.1. The molecule has 2 aromatic carbocycles. The predicted molar refractivity (Wildman–Crippen MR) is 82.4 cm³/mol. The summed E-state index contributed by atoms with van der Waals surface area (Å²) in [4.78, 5) is 0. The molecule has 0 N–H and O–H groups in total. The van der Waals surface area contributed by atoms with Crippen molar-refractivity contribution in [3.63, 3.8) is 0 Å². The molecule has 102 valence electrons. The summed E-state index contributed by atoms with van der Waals surface area (Å²) in [5, 5.41) is 0. The zero-order chi connectivity index (χ0) is 14.2. The van der Waals surface area contributed by atoms with Crippen molar-refractivity contribution in [2.75, 3.05) is 0 Å². The highest BCUT2D eigenvalue weighted by atomic mass is 16.7. The van der Waals surface area contributed by atoms with Crippen LogP contribution in [0.5, 0.6) is 5.75 Å². The summed E-state index contributed by atoms with van der Waals surface area (Å²) in [5.74, 6) is 0.737. The molecular weight excluding hydrogens is 248 g/mol. The summed E-state index contributed by atoms with van der Waals surface area (Å²) < 4.78 is 11.5. The first-order chi connectivity index (χ1) is 9.83.